The quantitative estimate of drug-likeness (QED) is 0.752. The zero-order valence-electron chi connectivity index (χ0n) is 13.9. The third kappa shape index (κ3) is 2.91. The Morgan fingerprint density at radius 3 is 2.72 bits per heavy atom. The molecule has 1 aliphatic rings. The number of guanidine groups is 1. The molecule has 7 heteroatoms. The number of hydrogen-bond donors (Lipinski definition) is 2. The maximum Gasteiger partial charge on any atom is 0.257 e. The first-order valence-corrected chi connectivity index (χ1v) is 7.92. The van der Waals surface area contributed by atoms with Crippen molar-refractivity contribution in [3.63, 3.8) is 0 Å². The molecule has 2 aromatic heterocycles. The van der Waals surface area contributed by atoms with E-state index in [0.717, 1.165) is 5.69 Å². The van der Waals surface area contributed by atoms with E-state index < -0.39 is 6.17 Å². The van der Waals surface area contributed by atoms with Gasteiger partial charge < -0.3 is 9.73 Å². The van der Waals surface area contributed by atoms with Crippen LogP contribution in [0.2, 0.25) is 0 Å². The van der Waals surface area contributed by atoms with E-state index >= 15 is 0 Å². The van der Waals surface area contributed by atoms with Crippen LogP contribution in [-0.4, -0.2) is 15.5 Å². The van der Waals surface area contributed by atoms with Crippen LogP contribution in [-0.2, 0) is 0 Å². The van der Waals surface area contributed by atoms with Crippen molar-refractivity contribution < 1.29 is 4.42 Å². The van der Waals surface area contributed by atoms with Crippen LogP contribution in [0.4, 0.5) is 11.6 Å². The minimum atomic E-state index is -0.611. The van der Waals surface area contributed by atoms with Gasteiger partial charge in [0.2, 0.25) is 11.9 Å². The summed E-state index contributed by atoms with van der Waals surface area (Å²) in [6.07, 6.45) is 0.950. The Kier molecular flexibility index (Phi) is 3.61. The smallest absolute Gasteiger partial charge is 0.257 e. The lowest BCUT2D eigenvalue weighted by Gasteiger charge is -2.25. The largest absolute Gasteiger partial charge is 0.465 e. The number of nitrogens with one attached hydrogen (secondary N) is 2. The first-order chi connectivity index (χ1) is 12.1. The van der Waals surface area contributed by atoms with Gasteiger partial charge in [-0.25, -0.2) is 14.5 Å². The lowest BCUT2D eigenvalue weighted by Crippen LogP contribution is -2.37. The lowest BCUT2D eigenvalue weighted by molar-refractivity contribution is 0.427. The van der Waals surface area contributed by atoms with Crippen molar-refractivity contribution >= 4 is 17.6 Å². The summed E-state index contributed by atoms with van der Waals surface area (Å²) >= 11 is 0. The van der Waals surface area contributed by atoms with E-state index in [4.69, 9.17) is 4.42 Å². The Bertz CT molecular complexity index is 987. The van der Waals surface area contributed by atoms with Crippen LogP contribution < -0.4 is 16.2 Å². The van der Waals surface area contributed by atoms with E-state index in [1.807, 2.05) is 31.2 Å². The molecule has 4 rings (SSSR count). The van der Waals surface area contributed by atoms with Gasteiger partial charge in [0.25, 0.3) is 5.56 Å². The molecule has 7 nitrogen and oxygen atoms in total. The lowest BCUT2D eigenvalue weighted by atomic mass is 10.2. The fourth-order valence-electron chi connectivity index (χ4n) is 2.71. The van der Waals surface area contributed by atoms with Gasteiger partial charge in [-0.1, -0.05) is 17.7 Å². The Hall–Kier alpha value is -3.35. The highest BCUT2D eigenvalue weighted by atomic mass is 16.3. The second-order valence-electron chi connectivity index (χ2n) is 5.91. The average molecular weight is 335 g/mol. The van der Waals surface area contributed by atoms with Gasteiger partial charge in [-0.3, -0.25) is 10.1 Å². The Balaban J connectivity index is 1.76. The van der Waals surface area contributed by atoms with Crippen LogP contribution in [0.1, 0.15) is 23.2 Å². The molecule has 2 N–H and O–H groups in total. The zero-order chi connectivity index (χ0) is 17.4. The molecule has 0 amide bonds. The van der Waals surface area contributed by atoms with Crippen LogP contribution in [0.25, 0.3) is 0 Å². The van der Waals surface area contributed by atoms with Gasteiger partial charge in [0.05, 0.1) is 6.26 Å². The van der Waals surface area contributed by atoms with Crippen molar-refractivity contribution in [2.45, 2.75) is 20.0 Å². The monoisotopic (exact) mass is 335 g/mol. The summed E-state index contributed by atoms with van der Waals surface area (Å²) in [5.74, 6) is 1.50. The van der Waals surface area contributed by atoms with Gasteiger partial charge in [-0.2, -0.15) is 0 Å². The highest BCUT2D eigenvalue weighted by molar-refractivity contribution is 6.03. The van der Waals surface area contributed by atoms with Gasteiger partial charge in [-0.15, -0.1) is 0 Å². The molecule has 0 spiro atoms. The Morgan fingerprint density at radius 1 is 1.20 bits per heavy atom. The van der Waals surface area contributed by atoms with E-state index in [2.05, 4.69) is 20.6 Å². The van der Waals surface area contributed by atoms with Crippen LogP contribution in [0.15, 0.2) is 62.9 Å². The SMILES string of the molecule is Cc1ccc(NC2=N[C@@H](c3ccco3)n3c(nc(C)cc3=O)N2)cc1. The minimum absolute atomic E-state index is 0.186. The van der Waals surface area contributed by atoms with Crippen molar-refractivity contribution in [1.82, 2.24) is 9.55 Å². The highest BCUT2D eigenvalue weighted by Crippen LogP contribution is 2.26. The molecule has 126 valence electrons. The second kappa shape index (κ2) is 5.94. The first-order valence-electron chi connectivity index (χ1n) is 7.92. The molecule has 0 saturated carbocycles. The molecule has 0 saturated heterocycles. The van der Waals surface area contributed by atoms with Crippen molar-refractivity contribution in [1.29, 1.82) is 0 Å². The number of hydrogen-bond acceptors (Lipinski definition) is 6. The predicted molar refractivity (Wildman–Crippen MR) is 95.9 cm³/mol. The van der Waals surface area contributed by atoms with Gasteiger partial charge in [-0.05, 0) is 38.1 Å². The van der Waals surface area contributed by atoms with Crippen molar-refractivity contribution in [3.8, 4) is 0 Å². The number of benzene rings is 1. The number of aliphatic imine (C=N–C) groups is 1. The molecule has 3 aromatic rings. The molecule has 1 aliphatic heterocycles. The number of rotatable bonds is 2. The number of anilines is 2. The molecule has 25 heavy (non-hydrogen) atoms. The maximum atomic E-state index is 12.4. The van der Waals surface area contributed by atoms with Crippen LogP contribution >= 0.6 is 0 Å². The summed E-state index contributed by atoms with van der Waals surface area (Å²) in [5, 5.41) is 6.30. The van der Waals surface area contributed by atoms with Crippen molar-refractivity contribution in [2.75, 3.05) is 10.6 Å². The molecular weight excluding hydrogens is 318 g/mol. The summed E-state index contributed by atoms with van der Waals surface area (Å²) in [6, 6.07) is 13.0. The molecular formula is C18H17N5O2. The van der Waals surface area contributed by atoms with E-state index in [1.165, 1.54) is 16.2 Å². The van der Waals surface area contributed by atoms with Gasteiger partial charge in [0.1, 0.15) is 5.76 Å². The van der Waals surface area contributed by atoms with Crippen molar-refractivity contribution in [3.05, 3.63) is 76.1 Å². The predicted octanol–water partition coefficient (Wildman–Crippen LogP) is 2.89. The fourth-order valence-corrected chi connectivity index (χ4v) is 2.71. The summed E-state index contributed by atoms with van der Waals surface area (Å²) in [7, 11) is 0. The van der Waals surface area contributed by atoms with Crippen LogP contribution in [0.5, 0.6) is 0 Å². The van der Waals surface area contributed by atoms with E-state index in [9.17, 15) is 4.79 Å². The zero-order valence-corrected chi connectivity index (χ0v) is 13.9. The number of nitrogens with zero attached hydrogens (tertiary/aromatic N) is 3. The van der Waals surface area contributed by atoms with E-state index in [-0.39, 0.29) is 5.56 Å². The summed E-state index contributed by atoms with van der Waals surface area (Å²) in [6.45, 7) is 3.81. The number of furan rings is 1. The van der Waals surface area contributed by atoms with Gasteiger partial charge in [0.15, 0.2) is 6.17 Å². The molecule has 3 heterocycles. The normalized spacial score (nSPS) is 15.9. The third-order valence-corrected chi connectivity index (χ3v) is 3.92. The number of aromatic nitrogens is 2. The summed E-state index contributed by atoms with van der Waals surface area (Å²) < 4.78 is 6.96. The molecule has 0 unspecified atom stereocenters. The summed E-state index contributed by atoms with van der Waals surface area (Å²) in [4.78, 5) is 21.5. The highest BCUT2D eigenvalue weighted by Gasteiger charge is 2.26. The van der Waals surface area contributed by atoms with Crippen LogP contribution in [0.3, 0.4) is 0 Å². The summed E-state index contributed by atoms with van der Waals surface area (Å²) in [5.41, 5.74) is 2.51. The van der Waals surface area contributed by atoms with E-state index in [0.29, 0.717) is 23.4 Å². The first kappa shape index (κ1) is 15.2. The molecule has 1 aromatic carbocycles. The fraction of sp³-hybridized carbons (Fsp3) is 0.167. The second-order valence-corrected chi connectivity index (χ2v) is 5.91. The standard InChI is InChI=1S/C18H17N5O2/c1-11-5-7-13(8-6-11)20-17-21-16(14-4-3-9-25-14)23-15(24)10-12(2)19-18(23)22-17/h3-10,16H,1-2H3,(H2,19,20,21,22)/t16-/m1/s1. The van der Waals surface area contributed by atoms with Gasteiger partial charge >= 0.3 is 0 Å². The molecule has 0 bridgehead atoms. The minimum Gasteiger partial charge on any atom is -0.465 e. The van der Waals surface area contributed by atoms with Crippen molar-refractivity contribution in [2.24, 2.45) is 4.99 Å². The maximum absolute atomic E-state index is 12.4. The number of aryl methyl sites for hydroxylation is 2. The third-order valence-electron chi connectivity index (χ3n) is 3.92. The number of fused-ring (bicyclic) bond motifs is 1. The van der Waals surface area contributed by atoms with Gasteiger partial charge in [0, 0.05) is 17.4 Å². The Morgan fingerprint density at radius 2 is 2.00 bits per heavy atom. The molecule has 0 radical (unpaired) electrons. The van der Waals surface area contributed by atoms with Crippen LogP contribution in [0, 0.1) is 13.8 Å². The molecule has 0 aliphatic carbocycles. The Labute approximate surface area is 144 Å². The topological polar surface area (TPSA) is 84.5 Å². The molecule has 1 atom stereocenters. The average Bonchev–Trinajstić information content (AvgIpc) is 3.10. The molecule has 0 fully saturated rings. The van der Waals surface area contributed by atoms with E-state index in [1.54, 1.807) is 25.3 Å².